The van der Waals surface area contributed by atoms with Gasteiger partial charge in [0, 0.05) is 29.3 Å². The number of carbonyl (C=O) groups is 2. The van der Waals surface area contributed by atoms with Crippen molar-refractivity contribution in [1.29, 1.82) is 0 Å². The van der Waals surface area contributed by atoms with Crippen LogP contribution in [0.25, 0.3) is 6.08 Å². The largest absolute Gasteiger partial charge is 0.323 e. The second-order valence-electron chi connectivity index (χ2n) is 7.02. The van der Waals surface area contributed by atoms with Gasteiger partial charge in [-0.25, -0.2) is 4.99 Å². The van der Waals surface area contributed by atoms with Crippen molar-refractivity contribution in [3.8, 4) is 0 Å². The number of hydrogen-bond donors (Lipinski definition) is 1. The highest BCUT2D eigenvalue weighted by Crippen LogP contribution is 2.27. The molecule has 1 atom stereocenters. The van der Waals surface area contributed by atoms with Gasteiger partial charge in [0.25, 0.3) is 5.91 Å². The van der Waals surface area contributed by atoms with Crippen LogP contribution in [-0.2, 0) is 9.59 Å². The lowest BCUT2D eigenvalue weighted by Gasteiger charge is -2.20. The fraction of sp³-hybridized carbons (Fsp3) is 0.0800. The standard InChI is InChI=1S/C25H20ClN3O2/c1-29-21-14-8-6-12-19(21)23(18-10-3-2-4-11-18)28-24(25(29)31)27-22(30)16-15-17-9-5-7-13-20(17)26/h2-16,24H,1H3,(H,27,30)/t24-/m1/s1. The van der Waals surface area contributed by atoms with Gasteiger partial charge in [-0.1, -0.05) is 78.3 Å². The molecular weight excluding hydrogens is 410 g/mol. The molecule has 1 heterocycles. The highest BCUT2D eigenvalue weighted by molar-refractivity contribution is 6.32. The van der Waals surface area contributed by atoms with Gasteiger partial charge in [-0.3, -0.25) is 9.59 Å². The molecule has 6 heteroatoms. The second kappa shape index (κ2) is 8.98. The van der Waals surface area contributed by atoms with E-state index >= 15 is 0 Å². The molecule has 0 fully saturated rings. The van der Waals surface area contributed by atoms with E-state index < -0.39 is 12.1 Å². The maximum absolute atomic E-state index is 13.1. The number of aliphatic imine (C=N–C) groups is 1. The van der Waals surface area contributed by atoms with Crippen LogP contribution >= 0.6 is 11.6 Å². The summed E-state index contributed by atoms with van der Waals surface area (Å²) in [5.41, 5.74) is 3.79. The number of nitrogens with one attached hydrogen (secondary N) is 1. The van der Waals surface area contributed by atoms with E-state index in [1.165, 1.54) is 11.0 Å². The highest BCUT2D eigenvalue weighted by Gasteiger charge is 2.30. The Morgan fingerprint density at radius 3 is 2.45 bits per heavy atom. The molecule has 3 aromatic carbocycles. The minimum Gasteiger partial charge on any atom is -0.323 e. The molecule has 0 saturated heterocycles. The fourth-order valence-corrected chi connectivity index (χ4v) is 3.60. The Morgan fingerprint density at radius 1 is 1.00 bits per heavy atom. The molecule has 1 aliphatic rings. The first-order chi connectivity index (χ1) is 15.0. The molecule has 0 radical (unpaired) electrons. The number of rotatable bonds is 4. The van der Waals surface area contributed by atoms with E-state index in [1.807, 2.05) is 66.7 Å². The third-order valence-corrected chi connectivity index (χ3v) is 5.33. The summed E-state index contributed by atoms with van der Waals surface area (Å²) >= 11 is 6.14. The zero-order valence-electron chi connectivity index (χ0n) is 16.8. The van der Waals surface area contributed by atoms with Crippen LogP contribution in [0.4, 0.5) is 5.69 Å². The lowest BCUT2D eigenvalue weighted by Crippen LogP contribution is -2.45. The Morgan fingerprint density at radius 2 is 1.68 bits per heavy atom. The summed E-state index contributed by atoms with van der Waals surface area (Å²) < 4.78 is 0. The van der Waals surface area contributed by atoms with E-state index in [9.17, 15) is 9.59 Å². The van der Waals surface area contributed by atoms with Gasteiger partial charge in [-0.2, -0.15) is 0 Å². The molecule has 2 amide bonds. The lowest BCUT2D eigenvalue weighted by atomic mass is 10.0. The molecule has 1 aliphatic heterocycles. The maximum Gasteiger partial charge on any atom is 0.272 e. The number of likely N-dealkylation sites (N-methyl/N-ethyl adjacent to an activating group) is 1. The number of fused-ring (bicyclic) bond motifs is 1. The monoisotopic (exact) mass is 429 g/mol. The molecule has 5 nitrogen and oxygen atoms in total. The lowest BCUT2D eigenvalue weighted by molar-refractivity contribution is -0.124. The summed E-state index contributed by atoms with van der Waals surface area (Å²) in [7, 11) is 1.68. The number of anilines is 1. The Kier molecular flexibility index (Phi) is 5.96. The molecule has 4 rings (SSSR count). The normalized spacial score (nSPS) is 15.9. The number of benzene rings is 3. The van der Waals surface area contributed by atoms with E-state index in [0.717, 1.165) is 16.8 Å². The molecule has 0 unspecified atom stereocenters. The van der Waals surface area contributed by atoms with Crippen molar-refractivity contribution in [2.24, 2.45) is 4.99 Å². The third-order valence-electron chi connectivity index (χ3n) is 4.99. The van der Waals surface area contributed by atoms with E-state index in [4.69, 9.17) is 11.6 Å². The number of amides is 2. The van der Waals surface area contributed by atoms with Crippen LogP contribution in [0.3, 0.4) is 0 Å². The Hall–Kier alpha value is -3.70. The molecule has 0 saturated carbocycles. The molecular formula is C25H20ClN3O2. The van der Waals surface area contributed by atoms with E-state index in [1.54, 1.807) is 25.3 Å². The van der Waals surface area contributed by atoms with E-state index in [2.05, 4.69) is 10.3 Å². The van der Waals surface area contributed by atoms with Gasteiger partial charge in [0.2, 0.25) is 12.1 Å². The summed E-state index contributed by atoms with van der Waals surface area (Å²) in [4.78, 5) is 31.9. The first-order valence-electron chi connectivity index (χ1n) is 9.78. The van der Waals surface area contributed by atoms with Gasteiger partial charge in [0.1, 0.15) is 0 Å². The summed E-state index contributed by atoms with van der Waals surface area (Å²) in [6, 6.07) is 24.4. The summed E-state index contributed by atoms with van der Waals surface area (Å²) in [6.07, 6.45) is 1.90. The van der Waals surface area contributed by atoms with Crippen molar-refractivity contribution >= 4 is 40.9 Å². The Balaban J connectivity index is 1.68. The van der Waals surface area contributed by atoms with Gasteiger partial charge in [-0.15, -0.1) is 0 Å². The van der Waals surface area contributed by atoms with Crippen LogP contribution in [0.15, 0.2) is 89.9 Å². The van der Waals surface area contributed by atoms with Gasteiger partial charge in [0.15, 0.2) is 0 Å². The maximum atomic E-state index is 13.1. The molecule has 154 valence electrons. The minimum atomic E-state index is -1.06. The molecule has 3 aromatic rings. The molecule has 0 aliphatic carbocycles. The predicted octanol–water partition coefficient (Wildman–Crippen LogP) is 4.31. The molecule has 31 heavy (non-hydrogen) atoms. The van der Waals surface area contributed by atoms with Crippen molar-refractivity contribution in [2.75, 3.05) is 11.9 Å². The summed E-state index contributed by atoms with van der Waals surface area (Å²) in [6.45, 7) is 0. The number of benzodiazepines with no additional fused rings is 1. The van der Waals surface area contributed by atoms with Crippen molar-refractivity contribution in [2.45, 2.75) is 6.17 Å². The van der Waals surface area contributed by atoms with Crippen molar-refractivity contribution in [1.82, 2.24) is 5.32 Å². The van der Waals surface area contributed by atoms with Crippen LogP contribution in [0.1, 0.15) is 16.7 Å². The third kappa shape index (κ3) is 4.42. The van der Waals surface area contributed by atoms with Crippen LogP contribution in [0, 0.1) is 0 Å². The van der Waals surface area contributed by atoms with Crippen LogP contribution in [-0.4, -0.2) is 30.7 Å². The summed E-state index contributed by atoms with van der Waals surface area (Å²) in [5.74, 6) is -0.758. The molecule has 0 aromatic heterocycles. The minimum absolute atomic E-state index is 0.321. The van der Waals surface area contributed by atoms with Gasteiger partial charge >= 0.3 is 0 Å². The van der Waals surface area contributed by atoms with E-state index in [0.29, 0.717) is 16.3 Å². The topological polar surface area (TPSA) is 61.8 Å². The number of nitrogens with zero attached hydrogens (tertiary/aromatic N) is 2. The first-order valence-corrected chi connectivity index (χ1v) is 10.2. The molecule has 0 spiro atoms. The number of para-hydroxylation sites is 1. The van der Waals surface area contributed by atoms with Crippen molar-refractivity contribution < 1.29 is 9.59 Å². The summed E-state index contributed by atoms with van der Waals surface area (Å²) in [5, 5.41) is 3.25. The smallest absolute Gasteiger partial charge is 0.272 e. The average molecular weight is 430 g/mol. The molecule has 1 N–H and O–H groups in total. The van der Waals surface area contributed by atoms with E-state index in [-0.39, 0.29) is 5.91 Å². The quantitative estimate of drug-likeness (QED) is 0.628. The predicted molar refractivity (Wildman–Crippen MR) is 124 cm³/mol. The number of carbonyl (C=O) groups excluding carboxylic acids is 2. The Labute approximate surface area is 185 Å². The van der Waals surface area contributed by atoms with Gasteiger partial charge < -0.3 is 10.2 Å². The fourth-order valence-electron chi connectivity index (χ4n) is 3.40. The number of hydrogen-bond acceptors (Lipinski definition) is 3. The zero-order chi connectivity index (χ0) is 21.8. The highest BCUT2D eigenvalue weighted by atomic mass is 35.5. The SMILES string of the molecule is CN1C(=O)[C@H](NC(=O)C=Cc2ccccc2Cl)N=C(c2ccccc2)c2ccccc21. The molecule has 0 bridgehead atoms. The Bertz CT molecular complexity index is 1190. The van der Waals surface area contributed by atoms with Crippen LogP contribution < -0.4 is 10.2 Å². The van der Waals surface area contributed by atoms with Gasteiger partial charge in [-0.05, 0) is 23.8 Å². The average Bonchev–Trinajstić information content (AvgIpc) is 2.90. The van der Waals surface area contributed by atoms with Crippen LogP contribution in [0.5, 0.6) is 0 Å². The first kappa shape index (κ1) is 20.6. The van der Waals surface area contributed by atoms with Crippen LogP contribution in [0.2, 0.25) is 5.02 Å². The number of halogens is 1. The zero-order valence-corrected chi connectivity index (χ0v) is 17.6. The van der Waals surface area contributed by atoms with Crippen molar-refractivity contribution in [3.63, 3.8) is 0 Å². The van der Waals surface area contributed by atoms with Gasteiger partial charge in [0.05, 0.1) is 11.4 Å². The van der Waals surface area contributed by atoms with Crippen molar-refractivity contribution in [3.05, 3.63) is 107 Å². The second-order valence-corrected chi connectivity index (χ2v) is 7.43.